The van der Waals surface area contributed by atoms with Gasteiger partial charge in [0.25, 0.3) is 0 Å². The lowest BCUT2D eigenvalue weighted by atomic mass is 10.2. The second-order valence-corrected chi connectivity index (χ2v) is 4.56. The summed E-state index contributed by atoms with van der Waals surface area (Å²) in [6, 6.07) is 7.93. The Balaban J connectivity index is 0.000000437. The van der Waals surface area contributed by atoms with Gasteiger partial charge in [-0.15, -0.1) is 0 Å². The summed E-state index contributed by atoms with van der Waals surface area (Å²) in [4.78, 5) is 9.12. The van der Waals surface area contributed by atoms with Crippen LogP contribution in [0.5, 0.6) is 0 Å². The second-order valence-electron chi connectivity index (χ2n) is 3.02. The molecule has 0 bridgehead atoms. The molecule has 4 N–H and O–H groups in total. The van der Waals surface area contributed by atoms with Crippen molar-refractivity contribution < 1.29 is 15.0 Å². The van der Waals surface area contributed by atoms with Crippen molar-refractivity contribution in [1.82, 2.24) is 0 Å². The number of hydrogen-bond donors (Lipinski definition) is 3. The number of nitrogens with two attached hydrogens (primary N) is 1. The molecule has 96 valence electrons. The number of aliphatic hydroxyl groups is 1. The van der Waals surface area contributed by atoms with Crippen LogP contribution in [0, 0.1) is 0 Å². The van der Waals surface area contributed by atoms with E-state index in [0.29, 0.717) is 0 Å². The molecule has 1 aromatic rings. The minimum Gasteiger partial charge on any atom is -0.480 e. The minimum absolute atomic E-state index is 0.748. The standard InChI is InChI=1S/C9H12ClNS.C2H4O3/c10-9-3-1-8(2-4-9)7-12-6-5-11;3-1-2(4)5/h1-4H,5-7,11H2;3H,1H2,(H,4,5). The zero-order valence-corrected chi connectivity index (χ0v) is 10.9. The number of rotatable bonds is 5. The van der Waals surface area contributed by atoms with Crippen LogP contribution in [0.4, 0.5) is 0 Å². The van der Waals surface area contributed by atoms with E-state index in [4.69, 9.17) is 32.3 Å². The fourth-order valence-electron chi connectivity index (χ4n) is 0.854. The number of carboxylic acid groups (broad SMARTS) is 1. The molecule has 0 atom stereocenters. The van der Waals surface area contributed by atoms with Crippen molar-refractivity contribution in [2.45, 2.75) is 5.75 Å². The molecule has 0 aliphatic carbocycles. The molecule has 0 fully saturated rings. The van der Waals surface area contributed by atoms with Crippen LogP contribution in [-0.2, 0) is 10.5 Å². The van der Waals surface area contributed by atoms with Crippen LogP contribution in [0.3, 0.4) is 0 Å². The quantitative estimate of drug-likeness (QED) is 0.712. The van der Waals surface area contributed by atoms with E-state index in [1.54, 1.807) is 0 Å². The lowest BCUT2D eigenvalue weighted by molar-refractivity contribution is -0.140. The molecule has 0 saturated heterocycles. The Labute approximate surface area is 110 Å². The average molecular weight is 278 g/mol. The molecule has 17 heavy (non-hydrogen) atoms. The van der Waals surface area contributed by atoms with Crippen LogP contribution >= 0.6 is 23.4 Å². The van der Waals surface area contributed by atoms with Gasteiger partial charge in [-0.2, -0.15) is 11.8 Å². The first kappa shape index (κ1) is 16.2. The van der Waals surface area contributed by atoms with Crippen molar-refractivity contribution in [3.05, 3.63) is 34.9 Å². The maximum atomic E-state index is 9.12. The van der Waals surface area contributed by atoms with Crippen molar-refractivity contribution in [3.63, 3.8) is 0 Å². The molecule has 1 aromatic carbocycles. The van der Waals surface area contributed by atoms with Gasteiger partial charge in [-0.3, -0.25) is 0 Å². The van der Waals surface area contributed by atoms with Gasteiger partial charge in [0.1, 0.15) is 6.61 Å². The number of hydrogen-bond acceptors (Lipinski definition) is 4. The molecule has 0 amide bonds. The first-order chi connectivity index (χ1) is 8.10. The van der Waals surface area contributed by atoms with E-state index in [1.165, 1.54) is 5.56 Å². The molecule has 4 nitrogen and oxygen atoms in total. The highest BCUT2D eigenvalue weighted by molar-refractivity contribution is 7.98. The number of halogens is 1. The molecule has 0 spiro atoms. The predicted molar refractivity (Wildman–Crippen MR) is 71.4 cm³/mol. The van der Waals surface area contributed by atoms with E-state index in [0.717, 1.165) is 23.1 Å². The molecule has 0 unspecified atom stereocenters. The SMILES string of the molecule is NCCSCc1ccc(Cl)cc1.O=C(O)CO. The lowest BCUT2D eigenvalue weighted by Crippen LogP contribution is -2.01. The first-order valence-electron chi connectivity index (χ1n) is 4.95. The summed E-state index contributed by atoms with van der Waals surface area (Å²) < 4.78 is 0. The van der Waals surface area contributed by atoms with Gasteiger partial charge in [0.05, 0.1) is 0 Å². The smallest absolute Gasteiger partial charge is 0.329 e. The van der Waals surface area contributed by atoms with Crippen LogP contribution in [-0.4, -0.2) is 35.1 Å². The zero-order chi connectivity index (χ0) is 13.1. The van der Waals surface area contributed by atoms with Crippen molar-refractivity contribution >= 4 is 29.3 Å². The molecule has 0 aliphatic rings. The molecular formula is C11H16ClNO3S. The van der Waals surface area contributed by atoms with Gasteiger partial charge < -0.3 is 15.9 Å². The van der Waals surface area contributed by atoms with Crippen LogP contribution in [0.25, 0.3) is 0 Å². The third-order valence-electron chi connectivity index (χ3n) is 1.58. The molecular weight excluding hydrogens is 262 g/mol. The third-order valence-corrected chi connectivity index (χ3v) is 2.89. The number of carboxylic acids is 1. The zero-order valence-electron chi connectivity index (χ0n) is 9.30. The van der Waals surface area contributed by atoms with Gasteiger partial charge in [-0.05, 0) is 17.7 Å². The summed E-state index contributed by atoms with van der Waals surface area (Å²) in [5.74, 6) is 0.849. The molecule has 6 heteroatoms. The number of thioether (sulfide) groups is 1. The summed E-state index contributed by atoms with van der Waals surface area (Å²) >= 11 is 7.59. The average Bonchev–Trinajstić information content (AvgIpc) is 2.33. The van der Waals surface area contributed by atoms with Gasteiger partial charge in [0.15, 0.2) is 0 Å². The first-order valence-corrected chi connectivity index (χ1v) is 6.48. The van der Waals surface area contributed by atoms with Crippen molar-refractivity contribution in [3.8, 4) is 0 Å². The van der Waals surface area contributed by atoms with E-state index in [9.17, 15) is 0 Å². The lowest BCUT2D eigenvalue weighted by Gasteiger charge is -1.99. The fraction of sp³-hybridized carbons (Fsp3) is 0.364. The van der Waals surface area contributed by atoms with Gasteiger partial charge >= 0.3 is 5.97 Å². The third kappa shape index (κ3) is 10.1. The van der Waals surface area contributed by atoms with Crippen LogP contribution in [0.1, 0.15) is 5.56 Å². The van der Waals surface area contributed by atoms with Crippen molar-refractivity contribution in [1.29, 1.82) is 0 Å². The highest BCUT2D eigenvalue weighted by Gasteiger charge is 1.92. The second kappa shape index (κ2) is 10.4. The fourth-order valence-corrected chi connectivity index (χ4v) is 1.72. The van der Waals surface area contributed by atoms with Gasteiger partial charge in [-0.1, -0.05) is 23.7 Å². The Morgan fingerprint density at radius 3 is 2.29 bits per heavy atom. The number of benzene rings is 1. The van der Waals surface area contributed by atoms with Gasteiger partial charge in [0, 0.05) is 23.1 Å². The number of aliphatic hydroxyl groups excluding tert-OH is 1. The Hall–Kier alpha value is -0.750. The maximum absolute atomic E-state index is 9.12. The highest BCUT2D eigenvalue weighted by atomic mass is 35.5. The van der Waals surface area contributed by atoms with E-state index >= 15 is 0 Å². The molecule has 0 aliphatic heterocycles. The Bertz CT molecular complexity index is 319. The molecule has 0 aromatic heterocycles. The van der Waals surface area contributed by atoms with Crippen molar-refractivity contribution in [2.24, 2.45) is 5.73 Å². The normalized spacial score (nSPS) is 9.35. The topological polar surface area (TPSA) is 83.6 Å². The molecule has 1 rings (SSSR count). The molecule has 0 heterocycles. The van der Waals surface area contributed by atoms with Crippen LogP contribution < -0.4 is 5.73 Å². The number of aliphatic carboxylic acids is 1. The minimum atomic E-state index is -1.19. The summed E-state index contributed by atoms with van der Waals surface area (Å²) in [5, 5.41) is 15.8. The number of carbonyl (C=O) groups is 1. The van der Waals surface area contributed by atoms with E-state index < -0.39 is 12.6 Å². The van der Waals surface area contributed by atoms with E-state index in [1.807, 2.05) is 36.0 Å². The molecule has 0 radical (unpaired) electrons. The van der Waals surface area contributed by atoms with Gasteiger partial charge in [-0.25, -0.2) is 4.79 Å². The van der Waals surface area contributed by atoms with Gasteiger partial charge in [0.2, 0.25) is 0 Å². The van der Waals surface area contributed by atoms with Crippen molar-refractivity contribution in [2.75, 3.05) is 18.9 Å². The molecule has 0 saturated carbocycles. The van der Waals surface area contributed by atoms with Crippen LogP contribution in [0.15, 0.2) is 24.3 Å². The summed E-state index contributed by atoms with van der Waals surface area (Å²) in [6.07, 6.45) is 0. The van der Waals surface area contributed by atoms with Crippen LogP contribution in [0.2, 0.25) is 5.02 Å². The maximum Gasteiger partial charge on any atom is 0.329 e. The monoisotopic (exact) mass is 277 g/mol. The Morgan fingerprint density at radius 1 is 1.35 bits per heavy atom. The summed E-state index contributed by atoms with van der Waals surface area (Å²) in [6.45, 7) is -0.0295. The Kier molecular flexibility index (Phi) is 9.95. The Morgan fingerprint density at radius 2 is 1.88 bits per heavy atom. The largest absolute Gasteiger partial charge is 0.480 e. The van der Waals surface area contributed by atoms with E-state index in [2.05, 4.69) is 0 Å². The summed E-state index contributed by atoms with van der Waals surface area (Å²) in [5.41, 5.74) is 6.68. The summed E-state index contributed by atoms with van der Waals surface area (Å²) in [7, 11) is 0. The highest BCUT2D eigenvalue weighted by Crippen LogP contribution is 2.14. The predicted octanol–water partition coefficient (Wildman–Crippen LogP) is 1.60. The van der Waals surface area contributed by atoms with E-state index in [-0.39, 0.29) is 0 Å².